The summed E-state index contributed by atoms with van der Waals surface area (Å²) in [5.41, 5.74) is 7.90. The summed E-state index contributed by atoms with van der Waals surface area (Å²) in [6.07, 6.45) is 5.00. The number of benzene rings is 2. The minimum Gasteiger partial charge on any atom is -0.488 e. The maximum absolute atomic E-state index is 13.4. The van der Waals surface area contributed by atoms with Crippen LogP contribution in [0.15, 0.2) is 54.6 Å². The SMILES string of the molecule is CCCN(C(=O)c1ccccc1OCc1ccccc1)[C@@H]1CCC[C@H](N)C1. The van der Waals surface area contributed by atoms with Crippen LogP contribution in [0.3, 0.4) is 0 Å². The van der Waals surface area contributed by atoms with E-state index in [2.05, 4.69) is 6.92 Å². The number of ether oxygens (including phenoxy) is 1. The van der Waals surface area contributed by atoms with E-state index in [1.807, 2.05) is 59.5 Å². The molecule has 1 saturated carbocycles. The zero-order valence-electron chi connectivity index (χ0n) is 16.1. The van der Waals surface area contributed by atoms with Crippen LogP contribution in [0.1, 0.15) is 54.9 Å². The van der Waals surface area contributed by atoms with Gasteiger partial charge in [-0.3, -0.25) is 4.79 Å². The minimum absolute atomic E-state index is 0.0552. The summed E-state index contributed by atoms with van der Waals surface area (Å²) in [6.45, 7) is 3.32. The van der Waals surface area contributed by atoms with Gasteiger partial charge in [-0.25, -0.2) is 0 Å². The van der Waals surface area contributed by atoms with E-state index in [1.54, 1.807) is 0 Å². The maximum Gasteiger partial charge on any atom is 0.257 e. The first-order chi connectivity index (χ1) is 13.2. The molecule has 1 amide bonds. The lowest BCUT2D eigenvalue weighted by Gasteiger charge is -2.36. The Morgan fingerprint density at radius 2 is 1.85 bits per heavy atom. The number of hydrogen-bond acceptors (Lipinski definition) is 3. The maximum atomic E-state index is 13.4. The number of para-hydroxylation sites is 1. The predicted molar refractivity (Wildman–Crippen MR) is 109 cm³/mol. The van der Waals surface area contributed by atoms with Gasteiger partial charge in [-0.05, 0) is 49.8 Å². The first-order valence-corrected chi connectivity index (χ1v) is 10.0. The normalized spacial score (nSPS) is 19.5. The molecule has 1 fully saturated rings. The Bertz CT molecular complexity index is 732. The van der Waals surface area contributed by atoms with Gasteiger partial charge < -0.3 is 15.4 Å². The van der Waals surface area contributed by atoms with Crippen molar-refractivity contribution in [2.75, 3.05) is 6.54 Å². The van der Waals surface area contributed by atoms with Gasteiger partial charge in [0, 0.05) is 18.6 Å². The van der Waals surface area contributed by atoms with Crippen LogP contribution in [-0.4, -0.2) is 29.4 Å². The summed E-state index contributed by atoms with van der Waals surface area (Å²) in [4.78, 5) is 15.4. The van der Waals surface area contributed by atoms with Crippen molar-refractivity contribution in [2.24, 2.45) is 5.73 Å². The van der Waals surface area contributed by atoms with Crippen molar-refractivity contribution < 1.29 is 9.53 Å². The Morgan fingerprint density at radius 1 is 1.11 bits per heavy atom. The third kappa shape index (κ3) is 5.10. The van der Waals surface area contributed by atoms with Crippen LogP contribution in [0.4, 0.5) is 0 Å². The molecule has 4 heteroatoms. The molecule has 2 aromatic carbocycles. The molecule has 0 spiro atoms. The molecule has 0 radical (unpaired) electrons. The fourth-order valence-corrected chi connectivity index (χ4v) is 3.83. The van der Waals surface area contributed by atoms with Crippen LogP contribution < -0.4 is 10.5 Å². The lowest BCUT2D eigenvalue weighted by atomic mass is 9.90. The Hall–Kier alpha value is -2.33. The molecule has 0 bridgehead atoms. The van der Waals surface area contributed by atoms with E-state index in [4.69, 9.17) is 10.5 Å². The van der Waals surface area contributed by atoms with Crippen LogP contribution in [0.5, 0.6) is 5.75 Å². The summed E-state index contributed by atoms with van der Waals surface area (Å²) in [5.74, 6) is 0.701. The van der Waals surface area contributed by atoms with E-state index in [0.29, 0.717) is 17.9 Å². The molecular formula is C23H30N2O2. The molecule has 2 aromatic rings. The first-order valence-electron chi connectivity index (χ1n) is 10.0. The number of amides is 1. The van der Waals surface area contributed by atoms with Gasteiger partial charge in [-0.2, -0.15) is 0 Å². The molecule has 144 valence electrons. The van der Waals surface area contributed by atoms with Crippen LogP contribution in [-0.2, 0) is 6.61 Å². The van der Waals surface area contributed by atoms with Crippen molar-refractivity contribution in [3.63, 3.8) is 0 Å². The van der Waals surface area contributed by atoms with Crippen molar-refractivity contribution in [2.45, 2.75) is 57.7 Å². The molecule has 0 saturated heterocycles. The number of hydrogen-bond donors (Lipinski definition) is 1. The van der Waals surface area contributed by atoms with Gasteiger partial charge in [0.05, 0.1) is 5.56 Å². The van der Waals surface area contributed by atoms with Gasteiger partial charge in [-0.1, -0.05) is 49.4 Å². The van der Waals surface area contributed by atoms with E-state index in [0.717, 1.165) is 44.2 Å². The summed E-state index contributed by atoms with van der Waals surface area (Å²) in [7, 11) is 0. The molecule has 2 atom stereocenters. The molecule has 1 aliphatic carbocycles. The monoisotopic (exact) mass is 366 g/mol. The number of nitrogens with zero attached hydrogens (tertiary/aromatic N) is 1. The summed E-state index contributed by atoms with van der Waals surface area (Å²) in [6, 6.07) is 18.0. The van der Waals surface area contributed by atoms with Crippen molar-refractivity contribution in [1.82, 2.24) is 4.90 Å². The first kappa shape index (κ1) is 19.4. The van der Waals surface area contributed by atoms with E-state index in [1.165, 1.54) is 0 Å². The van der Waals surface area contributed by atoms with Gasteiger partial charge in [0.2, 0.25) is 0 Å². The molecular weight excluding hydrogens is 336 g/mol. The lowest BCUT2D eigenvalue weighted by molar-refractivity contribution is 0.0619. The standard InChI is InChI=1S/C23H30N2O2/c1-2-15-25(20-12-8-11-19(24)16-20)23(26)21-13-6-7-14-22(21)27-17-18-9-4-3-5-10-18/h3-7,9-10,13-14,19-20H,2,8,11-12,15-17,24H2,1H3/t19-,20+/m0/s1. The highest BCUT2D eigenvalue weighted by Crippen LogP contribution is 2.27. The van der Waals surface area contributed by atoms with Crippen molar-refractivity contribution in [3.05, 3.63) is 65.7 Å². The van der Waals surface area contributed by atoms with Gasteiger partial charge in [0.25, 0.3) is 5.91 Å². The third-order valence-corrected chi connectivity index (χ3v) is 5.21. The molecule has 2 N–H and O–H groups in total. The number of carbonyl (C=O) groups excluding carboxylic acids is 1. The molecule has 4 nitrogen and oxygen atoms in total. The van der Waals surface area contributed by atoms with E-state index in [9.17, 15) is 4.79 Å². The van der Waals surface area contributed by atoms with Crippen molar-refractivity contribution >= 4 is 5.91 Å². The van der Waals surface area contributed by atoms with E-state index in [-0.39, 0.29) is 18.0 Å². The topological polar surface area (TPSA) is 55.6 Å². The molecule has 0 aliphatic heterocycles. The number of rotatable bonds is 7. The number of carbonyl (C=O) groups is 1. The van der Waals surface area contributed by atoms with E-state index >= 15 is 0 Å². The molecule has 27 heavy (non-hydrogen) atoms. The predicted octanol–water partition coefficient (Wildman–Crippen LogP) is 4.39. The Morgan fingerprint density at radius 3 is 2.59 bits per heavy atom. The highest BCUT2D eigenvalue weighted by atomic mass is 16.5. The minimum atomic E-state index is 0.0552. The third-order valence-electron chi connectivity index (χ3n) is 5.21. The van der Waals surface area contributed by atoms with Crippen LogP contribution in [0.2, 0.25) is 0 Å². The lowest BCUT2D eigenvalue weighted by Crippen LogP contribution is -2.46. The summed E-state index contributed by atoms with van der Waals surface area (Å²) < 4.78 is 6.01. The molecule has 1 aliphatic rings. The Labute approximate surface area is 162 Å². The van der Waals surface area contributed by atoms with Crippen LogP contribution >= 0.6 is 0 Å². The second-order valence-electron chi connectivity index (χ2n) is 7.35. The second kappa shape index (κ2) is 9.56. The van der Waals surface area contributed by atoms with Gasteiger partial charge in [0.1, 0.15) is 12.4 Å². The molecule has 0 heterocycles. The summed E-state index contributed by atoms with van der Waals surface area (Å²) >= 11 is 0. The average Bonchev–Trinajstić information content (AvgIpc) is 2.71. The smallest absolute Gasteiger partial charge is 0.257 e. The Balaban J connectivity index is 1.77. The largest absolute Gasteiger partial charge is 0.488 e. The van der Waals surface area contributed by atoms with Crippen LogP contribution in [0.25, 0.3) is 0 Å². The number of nitrogens with two attached hydrogens (primary N) is 1. The second-order valence-corrected chi connectivity index (χ2v) is 7.35. The summed E-state index contributed by atoms with van der Waals surface area (Å²) in [5, 5.41) is 0. The highest BCUT2D eigenvalue weighted by Gasteiger charge is 2.29. The van der Waals surface area contributed by atoms with Crippen molar-refractivity contribution in [3.8, 4) is 5.75 Å². The molecule has 3 rings (SSSR count). The molecule has 0 aromatic heterocycles. The zero-order chi connectivity index (χ0) is 19.1. The van der Waals surface area contributed by atoms with E-state index < -0.39 is 0 Å². The quantitative estimate of drug-likeness (QED) is 0.791. The van der Waals surface area contributed by atoms with Gasteiger partial charge in [-0.15, -0.1) is 0 Å². The zero-order valence-corrected chi connectivity index (χ0v) is 16.1. The van der Waals surface area contributed by atoms with Crippen LogP contribution in [0, 0.1) is 0 Å². The average molecular weight is 367 g/mol. The van der Waals surface area contributed by atoms with Gasteiger partial charge in [0.15, 0.2) is 0 Å². The highest BCUT2D eigenvalue weighted by molar-refractivity contribution is 5.97. The fraction of sp³-hybridized carbons (Fsp3) is 0.435. The van der Waals surface area contributed by atoms with Crippen molar-refractivity contribution in [1.29, 1.82) is 0 Å². The van der Waals surface area contributed by atoms with Gasteiger partial charge >= 0.3 is 0 Å². The fourth-order valence-electron chi connectivity index (χ4n) is 3.83. The molecule has 0 unspecified atom stereocenters. The Kier molecular flexibility index (Phi) is 6.88.